The van der Waals surface area contributed by atoms with E-state index in [2.05, 4.69) is 39.7 Å². The topological polar surface area (TPSA) is 91.1 Å². The molecule has 2 bridgehead atoms. The fourth-order valence-electron chi connectivity index (χ4n) is 6.07. The van der Waals surface area contributed by atoms with Crippen LogP contribution in [0, 0.1) is 12.8 Å². The SMILES string of the molecule is Cc1cccc2[nH]c(-c3cncc(C(=O)N4CC5CCC4CC5)c3N3CC[C@](C)(N)C3)nc12. The Morgan fingerprint density at radius 1 is 1.21 bits per heavy atom. The number of H-pyrrole nitrogens is 1. The third-order valence-corrected chi connectivity index (χ3v) is 7.91. The molecule has 3 aliphatic heterocycles. The number of carbonyl (C=O) groups is 1. The highest BCUT2D eigenvalue weighted by atomic mass is 16.2. The third kappa shape index (κ3) is 3.50. The molecule has 3 N–H and O–H groups in total. The summed E-state index contributed by atoms with van der Waals surface area (Å²) in [5, 5.41) is 0. The van der Waals surface area contributed by atoms with Crippen molar-refractivity contribution >= 4 is 22.6 Å². The number of aromatic nitrogens is 3. The molecule has 2 aromatic heterocycles. The first-order valence-corrected chi connectivity index (χ1v) is 12.2. The van der Waals surface area contributed by atoms with Crippen molar-refractivity contribution in [2.75, 3.05) is 24.5 Å². The van der Waals surface area contributed by atoms with E-state index in [-0.39, 0.29) is 11.4 Å². The lowest BCUT2D eigenvalue weighted by Gasteiger charge is -2.45. The van der Waals surface area contributed by atoms with Crippen LogP contribution < -0.4 is 10.6 Å². The van der Waals surface area contributed by atoms with Crippen LogP contribution in [-0.4, -0.2) is 57.0 Å². The van der Waals surface area contributed by atoms with E-state index in [0.717, 1.165) is 66.0 Å². The van der Waals surface area contributed by atoms with Crippen LogP contribution in [0.15, 0.2) is 30.6 Å². The first-order valence-electron chi connectivity index (χ1n) is 12.2. The van der Waals surface area contributed by atoms with E-state index in [9.17, 15) is 4.79 Å². The van der Waals surface area contributed by atoms with Gasteiger partial charge in [0.15, 0.2) is 0 Å². The number of nitrogens with one attached hydrogen (secondary N) is 1. The van der Waals surface area contributed by atoms with Crippen molar-refractivity contribution in [3.8, 4) is 11.4 Å². The maximum absolute atomic E-state index is 13.9. The smallest absolute Gasteiger partial charge is 0.257 e. The number of hydrogen-bond acceptors (Lipinski definition) is 5. The number of anilines is 1. The van der Waals surface area contributed by atoms with Crippen LogP contribution >= 0.6 is 0 Å². The summed E-state index contributed by atoms with van der Waals surface area (Å²) in [6.07, 6.45) is 9.21. The summed E-state index contributed by atoms with van der Waals surface area (Å²) in [5.74, 6) is 1.49. The van der Waals surface area contributed by atoms with E-state index in [4.69, 9.17) is 10.7 Å². The van der Waals surface area contributed by atoms with E-state index >= 15 is 0 Å². The molecule has 1 atom stereocenters. The summed E-state index contributed by atoms with van der Waals surface area (Å²) in [7, 11) is 0. The number of para-hydroxylation sites is 1. The number of aromatic amines is 1. The van der Waals surface area contributed by atoms with Gasteiger partial charge in [0, 0.05) is 43.6 Å². The van der Waals surface area contributed by atoms with Crippen molar-refractivity contribution in [2.24, 2.45) is 11.7 Å². The van der Waals surface area contributed by atoms with Crippen molar-refractivity contribution in [3.05, 3.63) is 41.7 Å². The largest absolute Gasteiger partial charge is 0.368 e. The number of amides is 1. The first kappa shape index (κ1) is 20.7. The normalized spacial score (nSPS) is 27.0. The van der Waals surface area contributed by atoms with Crippen molar-refractivity contribution in [2.45, 2.75) is 57.5 Å². The zero-order valence-electron chi connectivity index (χ0n) is 19.5. The molecule has 4 fully saturated rings. The van der Waals surface area contributed by atoms with Gasteiger partial charge in [-0.25, -0.2) is 4.98 Å². The summed E-state index contributed by atoms with van der Waals surface area (Å²) in [5.41, 5.74) is 11.8. The second-order valence-corrected chi connectivity index (χ2v) is 10.6. The molecule has 0 spiro atoms. The molecule has 1 aromatic carbocycles. The van der Waals surface area contributed by atoms with Gasteiger partial charge >= 0.3 is 0 Å². The van der Waals surface area contributed by atoms with Gasteiger partial charge in [-0.3, -0.25) is 9.78 Å². The van der Waals surface area contributed by atoms with Gasteiger partial charge in [0.1, 0.15) is 5.82 Å². The van der Waals surface area contributed by atoms with E-state index in [1.165, 1.54) is 12.8 Å². The lowest BCUT2D eigenvalue weighted by Crippen LogP contribution is -2.51. The number of hydrogen-bond donors (Lipinski definition) is 2. The highest BCUT2D eigenvalue weighted by molar-refractivity contribution is 6.03. The molecule has 3 saturated heterocycles. The second kappa shape index (κ2) is 7.55. The van der Waals surface area contributed by atoms with Gasteiger partial charge in [-0.05, 0) is 63.5 Å². The third-order valence-electron chi connectivity index (χ3n) is 7.91. The molecule has 5 heterocycles. The molecule has 7 heteroatoms. The van der Waals surface area contributed by atoms with E-state index < -0.39 is 0 Å². The van der Waals surface area contributed by atoms with Crippen LogP contribution in [0.25, 0.3) is 22.4 Å². The van der Waals surface area contributed by atoms with Gasteiger partial charge in [0.2, 0.25) is 0 Å². The van der Waals surface area contributed by atoms with Gasteiger partial charge < -0.3 is 20.5 Å². The Labute approximate surface area is 194 Å². The molecular formula is C26H32N6O. The first-order chi connectivity index (χ1) is 15.9. The standard InChI is InChI=1S/C26H32N6O/c1-16-4-3-5-21-22(16)30-24(29-21)19-12-28-13-20(23(19)31-11-10-26(2,27)15-31)25(33)32-14-17-6-8-18(32)9-7-17/h3-5,12-13,17-18H,6-11,14-15,27H2,1-2H3,(H,29,30)/t17?,18?,26-/m0/s1. The summed E-state index contributed by atoms with van der Waals surface area (Å²) in [4.78, 5) is 31.3. The van der Waals surface area contributed by atoms with Crippen molar-refractivity contribution in [1.82, 2.24) is 19.9 Å². The number of benzene rings is 1. The Kier molecular flexibility index (Phi) is 4.73. The molecular weight excluding hydrogens is 412 g/mol. The predicted octanol–water partition coefficient (Wildman–Crippen LogP) is 3.88. The molecule has 1 amide bonds. The number of piperidine rings is 2. The molecule has 0 radical (unpaired) electrons. The van der Waals surface area contributed by atoms with Crippen LogP contribution in [0.1, 0.15) is 54.9 Å². The molecule has 7 rings (SSSR count). The number of aryl methyl sites for hydroxylation is 1. The number of fused-ring (bicyclic) bond motifs is 4. The Bertz CT molecular complexity index is 1220. The van der Waals surface area contributed by atoms with Crippen molar-refractivity contribution < 1.29 is 4.79 Å². The molecule has 172 valence electrons. The minimum absolute atomic E-state index is 0.103. The summed E-state index contributed by atoms with van der Waals surface area (Å²) >= 11 is 0. The van der Waals surface area contributed by atoms with Gasteiger partial charge in [-0.15, -0.1) is 0 Å². The number of nitrogens with two attached hydrogens (primary N) is 1. The molecule has 3 aromatic rings. The highest BCUT2D eigenvalue weighted by Gasteiger charge is 2.39. The lowest BCUT2D eigenvalue weighted by molar-refractivity contribution is 0.0333. The second-order valence-electron chi connectivity index (χ2n) is 10.6. The molecule has 4 aliphatic rings. The van der Waals surface area contributed by atoms with Crippen molar-refractivity contribution in [3.63, 3.8) is 0 Å². The number of pyridine rings is 1. The van der Waals surface area contributed by atoms with Crippen LogP contribution in [0.4, 0.5) is 5.69 Å². The minimum Gasteiger partial charge on any atom is -0.368 e. The van der Waals surface area contributed by atoms with Crippen LogP contribution in [0.3, 0.4) is 0 Å². The number of imidazole rings is 1. The predicted molar refractivity (Wildman–Crippen MR) is 130 cm³/mol. The van der Waals surface area contributed by atoms with Crippen LogP contribution in [-0.2, 0) is 0 Å². The van der Waals surface area contributed by atoms with E-state index in [1.807, 2.05) is 18.3 Å². The molecule has 1 saturated carbocycles. The Balaban J connectivity index is 1.48. The minimum atomic E-state index is -0.282. The number of carbonyl (C=O) groups excluding carboxylic acids is 1. The Morgan fingerprint density at radius 3 is 2.70 bits per heavy atom. The van der Waals surface area contributed by atoms with E-state index in [1.54, 1.807) is 6.20 Å². The van der Waals surface area contributed by atoms with E-state index in [0.29, 0.717) is 24.1 Å². The molecule has 7 nitrogen and oxygen atoms in total. The average molecular weight is 445 g/mol. The lowest BCUT2D eigenvalue weighted by atomic mass is 9.79. The average Bonchev–Trinajstić information content (AvgIpc) is 3.42. The van der Waals surface area contributed by atoms with Crippen molar-refractivity contribution in [1.29, 1.82) is 0 Å². The molecule has 33 heavy (non-hydrogen) atoms. The molecule has 0 unspecified atom stereocenters. The maximum atomic E-state index is 13.9. The van der Waals surface area contributed by atoms with Crippen LogP contribution in [0.2, 0.25) is 0 Å². The summed E-state index contributed by atoms with van der Waals surface area (Å²) < 4.78 is 0. The quantitative estimate of drug-likeness (QED) is 0.640. The van der Waals surface area contributed by atoms with Gasteiger partial charge in [-0.1, -0.05) is 12.1 Å². The number of rotatable bonds is 3. The van der Waals surface area contributed by atoms with Gasteiger partial charge in [0.05, 0.1) is 27.8 Å². The van der Waals surface area contributed by atoms with Gasteiger partial charge in [0.25, 0.3) is 5.91 Å². The zero-order valence-corrected chi connectivity index (χ0v) is 19.5. The van der Waals surface area contributed by atoms with Crippen LogP contribution in [0.5, 0.6) is 0 Å². The Hall–Kier alpha value is -2.93. The summed E-state index contributed by atoms with van der Waals surface area (Å²) in [6, 6.07) is 6.49. The number of nitrogens with zero attached hydrogens (tertiary/aromatic N) is 4. The maximum Gasteiger partial charge on any atom is 0.257 e. The fraction of sp³-hybridized carbons (Fsp3) is 0.500. The Morgan fingerprint density at radius 2 is 2.03 bits per heavy atom. The highest BCUT2D eigenvalue weighted by Crippen LogP contribution is 2.40. The molecule has 1 aliphatic carbocycles. The summed E-state index contributed by atoms with van der Waals surface area (Å²) in [6.45, 7) is 6.54. The fourth-order valence-corrected chi connectivity index (χ4v) is 6.07. The monoisotopic (exact) mass is 444 g/mol. The van der Waals surface area contributed by atoms with Gasteiger partial charge in [-0.2, -0.15) is 0 Å². The zero-order chi connectivity index (χ0) is 22.7.